The molecule has 0 radical (unpaired) electrons. The highest BCUT2D eigenvalue weighted by Crippen LogP contribution is 2.17. The number of esters is 1. The van der Waals surface area contributed by atoms with E-state index < -0.39 is 11.4 Å². The molecule has 2 rings (SSSR count). The number of halogens is 2. The Morgan fingerprint density at radius 3 is 1.92 bits per heavy atom. The second-order valence-electron chi connectivity index (χ2n) is 6.44. The van der Waals surface area contributed by atoms with Crippen LogP contribution in [0.25, 0.3) is 0 Å². The van der Waals surface area contributed by atoms with Gasteiger partial charge in [0.2, 0.25) is 0 Å². The smallest absolute Gasteiger partial charge is 0.338 e. The number of hydrogen-bond acceptors (Lipinski definition) is 3. The van der Waals surface area contributed by atoms with Gasteiger partial charge in [0, 0.05) is 27.6 Å². The zero-order chi connectivity index (χ0) is 18.4. The van der Waals surface area contributed by atoms with Crippen molar-refractivity contribution in [3.8, 4) is 0 Å². The lowest BCUT2D eigenvalue weighted by atomic mass is 9.94. The van der Waals surface area contributed by atoms with Gasteiger partial charge in [-0.1, -0.05) is 37.0 Å². The third-order valence-corrected chi connectivity index (χ3v) is 4.01. The zero-order valence-electron chi connectivity index (χ0n) is 14.0. The minimum atomic E-state index is -0.422. The summed E-state index contributed by atoms with van der Waals surface area (Å²) in [5.74, 6) is -0.623. The molecule has 1 amide bonds. The number of ether oxygens (including phenoxy) is 1. The van der Waals surface area contributed by atoms with Gasteiger partial charge in [-0.25, -0.2) is 4.79 Å². The maximum atomic E-state index is 12.1. The second-order valence-corrected chi connectivity index (χ2v) is 7.31. The summed E-state index contributed by atoms with van der Waals surface area (Å²) in [6.07, 6.45) is 0. The Labute approximate surface area is 157 Å². The Morgan fingerprint density at radius 2 is 1.40 bits per heavy atom. The lowest BCUT2D eigenvalue weighted by molar-refractivity contribution is 0.0341. The van der Waals surface area contributed by atoms with Crippen molar-refractivity contribution < 1.29 is 14.3 Å². The molecule has 2 aromatic carbocycles. The highest BCUT2D eigenvalue weighted by atomic mass is 35.5. The van der Waals surface area contributed by atoms with Gasteiger partial charge in [-0.2, -0.15) is 0 Å². The lowest BCUT2D eigenvalue weighted by Crippen LogP contribution is -2.37. The first-order valence-electron chi connectivity index (χ1n) is 7.73. The predicted molar refractivity (Wildman–Crippen MR) is 99.3 cm³/mol. The summed E-state index contributed by atoms with van der Waals surface area (Å²) in [7, 11) is 0. The summed E-state index contributed by atoms with van der Waals surface area (Å²) in [5.41, 5.74) is 0.549. The van der Waals surface area contributed by atoms with E-state index in [9.17, 15) is 9.59 Å². The molecule has 0 saturated carbocycles. The molecule has 4 nitrogen and oxygen atoms in total. The SMILES string of the molecule is CC(C)(CNC(=O)c1ccc(Cl)cc1)COC(=O)c1ccc(Cl)cc1. The second kappa shape index (κ2) is 8.37. The van der Waals surface area contributed by atoms with Crippen LogP contribution in [0.4, 0.5) is 0 Å². The van der Waals surface area contributed by atoms with Gasteiger partial charge in [-0.15, -0.1) is 0 Å². The summed E-state index contributed by atoms with van der Waals surface area (Å²) in [4.78, 5) is 24.1. The first kappa shape index (κ1) is 19.3. The first-order chi connectivity index (χ1) is 11.8. The van der Waals surface area contributed by atoms with Gasteiger partial charge < -0.3 is 10.1 Å². The van der Waals surface area contributed by atoms with Gasteiger partial charge >= 0.3 is 5.97 Å². The maximum Gasteiger partial charge on any atom is 0.338 e. The van der Waals surface area contributed by atoms with Crippen molar-refractivity contribution in [1.29, 1.82) is 0 Å². The quantitative estimate of drug-likeness (QED) is 0.745. The number of hydrogen-bond donors (Lipinski definition) is 1. The number of amides is 1. The van der Waals surface area contributed by atoms with Crippen molar-refractivity contribution in [2.45, 2.75) is 13.8 Å². The summed E-state index contributed by atoms with van der Waals surface area (Å²) in [5, 5.41) is 3.97. The monoisotopic (exact) mass is 379 g/mol. The molecule has 0 aliphatic carbocycles. The molecule has 6 heteroatoms. The molecule has 132 valence electrons. The van der Waals surface area contributed by atoms with E-state index in [1.165, 1.54) is 0 Å². The molecule has 0 saturated heterocycles. The molecule has 0 heterocycles. The van der Waals surface area contributed by atoms with Gasteiger partial charge in [0.25, 0.3) is 5.91 Å². The van der Waals surface area contributed by atoms with Crippen molar-refractivity contribution in [2.24, 2.45) is 5.41 Å². The van der Waals surface area contributed by atoms with E-state index in [4.69, 9.17) is 27.9 Å². The van der Waals surface area contributed by atoms with Gasteiger partial charge in [0.1, 0.15) is 0 Å². The molecule has 2 aromatic rings. The molecular formula is C19H19Cl2NO3. The van der Waals surface area contributed by atoms with Gasteiger partial charge in [0.15, 0.2) is 0 Å². The third kappa shape index (κ3) is 6.07. The summed E-state index contributed by atoms with van der Waals surface area (Å²) in [6.45, 7) is 4.35. The average Bonchev–Trinajstić information content (AvgIpc) is 2.59. The van der Waals surface area contributed by atoms with Crippen molar-refractivity contribution in [1.82, 2.24) is 5.32 Å². The minimum Gasteiger partial charge on any atom is -0.461 e. The van der Waals surface area contributed by atoms with Crippen LogP contribution in [0.3, 0.4) is 0 Å². The minimum absolute atomic E-state index is 0.176. The van der Waals surface area contributed by atoms with Crippen LogP contribution in [-0.2, 0) is 4.74 Å². The van der Waals surface area contributed by atoms with Crippen molar-refractivity contribution in [2.75, 3.05) is 13.2 Å². The van der Waals surface area contributed by atoms with Crippen LogP contribution in [0.1, 0.15) is 34.6 Å². The molecular weight excluding hydrogens is 361 g/mol. The van der Waals surface area contributed by atoms with E-state index in [0.717, 1.165) is 0 Å². The van der Waals surface area contributed by atoms with E-state index >= 15 is 0 Å². The van der Waals surface area contributed by atoms with Crippen LogP contribution >= 0.6 is 23.2 Å². The third-order valence-electron chi connectivity index (χ3n) is 3.51. The molecule has 0 fully saturated rings. The largest absolute Gasteiger partial charge is 0.461 e. The fourth-order valence-corrected chi connectivity index (χ4v) is 2.26. The molecule has 0 bridgehead atoms. The van der Waals surface area contributed by atoms with Crippen LogP contribution in [-0.4, -0.2) is 25.0 Å². The summed E-state index contributed by atoms with van der Waals surface area (Å²) < 4.78 is 5.34. The van der Waals surface area contributed by atoms with E-state index in [-0.39, 0.29) is 12.5 Å². The normalized spacial score (nSPS) is 11.0. The Morgan fingerprint density at radius 1 is 0.920 bits per heavy atom. The number of benzene rings is 2. The van der Waals surface area contributed by atoms with E-state index in [2.05, 4.69) is 5.32 Å². The van der Waals surface area contributed by atoms with Crippen LogP contribution in [0.2, 0.25) is 10.0 Å². The molecule has 0 aromatic heterocycles. The van der Waals surface area contributed by atoms with E-state index in [1.807, 2.05) is 13.8 Å². The van der Waals surface area contributed by atoms with E-state index in [0.29, 0.717) is 27.7 Å². The van der Waals surface area contributed by atoms with E-state index in [1.54, 1.807) is 48.5 Å². The molecule has 0 spiro atoms. The average molecular weight is 380 g/mol. The van der Waals surface area contributed by atoms with Crippen molar-refractivity contribution in [3.63, 3.8) is 0 Å². The number of nitrogens with one attached hydrogen (secondary N) is 1. The van der Waals surface area contributed by atoms with Gasteiger partial charge in [-0.05, 0) is 48.5 Å². The number of carbonyl (C=O) groups is 2. The lowest BCUT2D eigenvalue weighted by Gasteiger charge is -2.24. The first-order valence-corrected chi connectivity index (χ1v) is 8.49. The highest BCUT2D eigenvalue weighted by Gasteiger charge is 2.22. The van der Waals surface area contributed by atoms with Crippen LogP contribution in [0.5, 0.6) is 0 Å². The van der Waals surface area contributed by atoms with Crippen LogP contribution in [0.15, 0.2) is 48.5 Å². The molecule has 0 unspecified atom stereocenters. The Balaban J connectivity index is 1.84. The Kier molecular flexibility index (Phi) is 6.45. The molecule has 0 aliphatic rings. The topological polar surface area (TPSA) is 55.4 Å². The summed E-state index contributed by atoms with van der Waals surface area (Å²) >= 11 is 11.6. The maximum absolute atomic E-state index is 12.1. The highest BCUT2D eigenvalue weighted by molar-refractivity contribution is 6.31. The Bertz CT molecular complexity index is 677. The Hall–Kier alpha value is -2.04. The van der Waals surface area contributed by atoms with Gasteiger partial charge in [0.05, 0.1) is 12.2 Å². The van der Waals surface area contributed by atoms with Gasteiger partial charge in [-0.3, -0.25) is 4.79 Å². The molecule has 25 heavy (non-hydrogen) atoms. The number of rotatable bonds is 6. The summed E-state index contributed by atoms with van der Waals surface area (Å²) in [6, 6.07) is 13.1. The van der Waals surface area contributed by atoms with Crippen molar-refractivity contribution >= 4 is 35.1 Å². The number of carbonyl (C=O) groups excluding carboxylic acids is 2. The fraction of sp³-hybridized carbons (Fsp3) is 0.263. The molecule has 1 N–H and O–H groups in total. The fourth-order valence-electron chi connectivity index (χ4n) is 2.00. The molecule has 0 aliphatic heterocycles. The van der Waals surface area contributed by atoms with Crippen LogP contribution in [0, 0.1) is 5.41 Å². The predicted octanol–water partition coefficient (Wildman–Crippen LogP) is 4.61. The van der Waals surface area contributed by atoms with Crippen molar-refractivity contribution in [3.05, 3.63) is 69.7 Å². The standard InChI is InChI=1S/C19H19Cl2NO3/c1-19(2,11-22-17(23)13-3-7-15(20)8-4-13)12-25-18(24)14-5-9-16(21)10-6-14/h3-10H,11-12H2,1-2H3,(H,22,23). The zero-order valence-corrected chi connectivity index (χ0v) is 15.5. The molecule has 0 atom stereocenters. The van der Waals surface area contributed by atoms with Crippen LogP contribution < -0.4 is 5.32 Å².